The molecule has 1 rings (SSSR count). The number of aliphatic carboxylic acids is 1. The molecule has 0 heterocycles. The van der Waals surface area contributed by atoms with Gasteiger partial charge in [-0.05, 0) is 32.0 Å². The van der Waals surface area contributed by atoms with Crippen LogP contribution in [0.1, 0.15) is 25.8 Å². The van der Waals surface area contributed by atoms with Crippen molar-refractivity contribution < 1.29 is 14.7 Å². The maximum absolute atomic E-state index is 11.9. The highest BCUT2D eigenvalue weighted by Gasteiger charge is 2.36. The molecule has 0 aliphatic carbocycles. The van der Waals surface area contributed by atoms with Crippen LogP contribution in [0.3, 0.4) is 0 Å². The Morgan fingerprint density at radius 1 is 1.19 bits per heavy atom. The lowest BCUT2D eigenvalue weighted by molar-refractivity contribution is -0.144. The Bertz CT molecular complexity index is 464. The minimum Gasteiger partial charge on any atom is -0.479 e. The van der Waals surface area contributed by atoms with Gasteiger partial charge in [-0.25, -0.2) is 9.59 Å². The van der Waals surface area contributed by atoms with Gasteiger partial charge in [0.25, 0.3) is 0 Å². The number of carbonyl (C=O) groups excluding carboxylic acids is 1. The van der Waals surface area contributed by atoms with Crippen LogP contribution >= 0.6 is 0 Å². The smallest absolute Gasteiger partial charge is 0.333 e. The number of urea groups is 1. The van der Waals surface area contributed by atoms with Crippen LogP contribution in [0.2, 0.25) is 0 Å². The highest BCUT2D eigenvalue weighted by molar-refractivity contribution is 5.87. The van der Waals surface area contributed by atoms with Gasteiger partial charge in [0.15, 0.2) is 5.54 Å². The summed E-state index contributed by atoms with van der Waals surface area (Å²) in [6, 6.07) is 8.16. The van der Waals surface area contributed by atoms with Gasteiger partial charge in [-0.1, -0.05) is 37.3 Å². The van der Waals surface area contributed by atoms with Gasteiger partial charge in [-0.3, -0.25) is 0 Å². The Hall–Kier alpha value is -2.08. The number of rotatable bonds is 8. The predicted molar refractivity (Wildman–Crippen MR) is 81.1 cm³/mol. The quantitative estimate of drug-likeness (QED) is 0.544. The first-order valence-corrected chi connectivity index (χ1v) is 7.06. The van der Waals surface area contributed by atoms with Crippen LogP contribution in [-0.2, 0) is 10.3 Å². The summed E-state index contributed by atoms with van der Waals surface area (Å²) in [5.74, 6) is -1.10. The van der Waals surface area contributed by atoms with Gasteiger partial charge in [-0.2, -0.15) is 0 Å². The van der Waals surface area contributed by atoms with Crippen molar-refractivity contribution in [1.29, 1.82) is 0 Å². The monoisotopic (exact) mass is 293 g/mol. The molecule has 6 heteroatoms. The van der Waals surface area contributed by atoms with Crippen molar-refractivity contribution in [1.82, 2.24) is 16.0 Å². The van der Waals surface area contributed by atoms with E-state index in [4.69, 9.17) is 0 Å². The molecule has 0 bridgehead atoms. The lowest BCUT2D eigenvalue weighted by atomic mass is 9.92. The number of carboxylic acids is 1. The molecule has 116 valence electrons. The van der Waals surface area contributed by atoms with Gasteiger partial charge in [0.05, 0.1) is 0 Å². The molecule has 0 saturated carbocycles. The first-order valence-electron chi connectivity index (χ1n) is 7.06. The van der Waals surface area contributed by atoms with Gasteiger partial charge in [-0.15, -0.1) is 0 Å². The van der Waals surface area contributed by atoms with Crippen LogP contribution in [0.15, 0.2) is 30.3 Å². The van der Waals surface area contributed by atoms with Crippen LogP contribution in [0.25, 0.3) is 0 Å². The van der Waals surface area contributed by atoms with E-state index in [1.165, 1.54) is 6.92 Å². The van der Waals surface area contributed by atoms with Gasteiger partial charge >= 0.3 is 12.0 Å². The number of benzene rings is 1. The van der Waals surface area contributed by atoms with Crippen molar-refractivity contribution >= 4 is 12.0 Å². The highest BCUT2D eigenvalue weighted by Crippen LogP contribution is 2.20. The molecule has 6 nitrogen and oxygen atoms in total. The number of hydrogen-bond donors (Lipinski definition) is 4. The van der Waals surface area contributed by atoms with E-state index < -0.39 is 17.5 Å². The summed E-state index contributed by atoms with van der Waals surface area (Å²) in [6.07, 6.45) is 0.788. The maximum Gasteiger partial charge on any atom is 0.333 e. The third kappa shape index (κ3) is 5.07. The van der Waals surface area contributed by atoms with E-state index in [9.17, 15) is 14.7 Å². The summed E-state index contributed by atoms with van der Waals surface area (Å²) < 4.78 is 0. The molecule has 1 aromatic carbocycles. The number of hydrogen-bond acceptors (Lipinski definition) is 3. The molecule has 21 heavy (non-hydrogen) atoms. The second-order valence-electron chi connectivity index (χ2n) is 4.88. The fraction of sp³-hybridized carbons (Fsp3) is 0.467. The van der Waals surface area contributed by atoms with Crippen molar-refractivity contribution in [2.24, 2.45) is 0 Å². The standard InChI is InChI=1S/C15H23N3O3/c1-3-16-10-7-11-17-14(21)18-15(2,13(19)20)12-8-5-4-6-9-12/h4-6,8-9,16H,3,7,10-11H2,1-2H3,(H,19,20)(H2,17,18,21). The topological polar surface area (TPSA) is 90.5 Å². The van der Waals surface area contributed by atoms with Gasteiger partial charge in [0, 0.05) is 6.54 Å². The summed E-state index contributed by atoms with van der Waals surface area (Å²) in [6.45, 7) is 5.67. The molecule has 1 unspecified atom stereocenters. The first-order chi connectivity index (χ1) is 10.0. The zero-order valence-electron chi connectivity index (χ0n) is 12.5. The van der Waals surface area contributed by atoms with Crippen LogP contribution in [0, 0.1) is 0 Å². The molecule has 1 aromatic rings. The second kappa shape index (κ2) is 8.26. The Morgan fingerprint density at radius 3 is 2.43 bits per heavy atom. The molecule has 0 spiro atoms. The SMILES string of the molecule is CCNCCCNC(=O)NC(C)(C(=O)O)c1ccccc1. The van der Waals surface area contributed by atoms with E-state index in [0.29, 0.717) is 12.1 Å². The molecule has 4 N–H and O–H groups in total. The van der Waals surface area contributed by atoms with Crippen molar-refractivity contribution in [3.63, 3.8) is 0 Å². The zero-order valence-corrected chi connectivity index (χ0v) is 12.5. The number of nitrogens with one attached hydrogen (secondary N) is 3. The largest absolute Gasteiger partial charge is 0.479 e. The van der Waals surface area contributed by atoms with Crippen molar-refractivity contribution in [2.75, 3.05) is 19.6 Å². The van der Waals surface area contributed by atoms with Gasteiger partial charge in [0.1, 0.15) is 0 Å². The predicted octanol–water partition coefficient (Wildman–Crippen LogP) is 1.29. The summed E-state index contributed by atoms with van der Waals surface area (Å²) in [4.78, 5) is 23.4. The van der Waals surface area contributed by atoms with E-state index in [2.05, 4.69) is 16.0 Å². The summed E-state index contributed by atoms with van der Waals surface area (Å²) in [7, 11) is 0. The van der Waals surface area contributed by atoms with Crippen LogP contribution in [0.4, 0.5) is 4.79 Å². The zero-order chi connectivity index (χ0) is 15.7. The third-order valence-corrected chi connectivity index (χ3v) is 3.21. The van der Waals surface area contributed by atoms with Crippen LogP contribution in [0.5, 0.6) is 0 Å². The Labute approximate surface area is 124 Å². The van der Waals surface area contributed by atoms with E-state index in [1.807, 2.05) is 6.92 Å². The maximum atomic E-state index is 11.9. The van der Waals surface area contributed by atoms with Gasteiger partial charge in [0.2, 0.25) is 0 Å². The van der Waals surface area contributed by atoms with E-state index in [-0.39, 0.29) is 0 Å². The van der Waals surface area contributed by atoms with E-state index in [0.717, 1.165) is 19.5 Å². The molecule has 0 fully saturated rings. The molecule has 2 amide bonds. The number of carboxylic acid groups (broad SMARTS) is 1. The van der Waals surface area contributed by atoms with Crippen LogP contribution < -0.4 is 16.0 Å². The third-order valence-electron chi connectivity index (χ3n) is 3.21. The molecule has 0 aromatic heterocycles. The summed E-state index contributed by atoms with van der Waals surface area (Å²) in [5.41, 5.74) is -0.923. The average molecular weight is 293 g/mol. The van der Waals surface area contributed by atoms with Crippen molar-refractivity contribution in [2.45, 2.75) is 25.8 Å². The Balaban J connectivity index is 2.59. The highest BCUT2D eigenvalue weighted by atomic mass is 16.4. The van der Waals surface area contributed by atoms with Crippen molar-refractivity contribution in [3.05, 3.63) is 35.9 Å². The van der Waals surface area contributed by atoms with E-state index in [1.54, 1.807) is 30.3 Å². The lowest BCUT2D eigenvalue weighted by Gasteiger charge is -2.26. The normalized spacial score (nSPS) is 13.2. The average Bonchev–Trinajstić information content (AvgIpc) is 2.47. The minimum absolute atomic E-state index is 0.486. The number of carbonyl (C=O) groups is 2. The fourth-order valence-electron chi connectivity index (χ4n) is 1.88. The molecule has 0 saturated heterocycles. The number of amides is 2. The molecular weight excluding hydrogens is 270 g/mol. The molecule has 0 aliphatic heterocycles. The lowest BCUT2D eigenvalue weighted by Crippen LogP contribution is -2.53. The molecule has 0 radical (unpaired) electrons. The minimum atomic E-state index is -1.45. The van der Waals surface area contributed by atoms with Crippen LogP contribution in [-0.4, -0.2) is 36.7 Å². The summed E-state index contributed by atoms with van der Waals surface area (Å²) in [5, 5.41) is 17.8. The second-order valence-corrected chi connectivity index (χ2v) is 4.88. The fourth-order valence-corrected chi connectivity index (χ4v) is 1.88. The van der Waals surface area contributed by atoms with E-state index >= 15 is 0 Å². The molecule has 0 aliphatic rings. The molecule has 1 atom stereocenters. The Kier molecular flexibility index (Phi) is 6.68. The van der Waals surface area contributed by atoms with Crippen molar-refractivity contribution in [3.8, 4) is 0 Å². The van der Waals surface area contributed by atoms with Gasteiger partial charge < -0.3 is 21.1 Å². The Morgan fingerprint density at radius 2 is 1.86 bits per heavy atom. The summed E-state index contributed by atoms with van der Waals surface area (Å²) >= 11 is 0. The first kappa shape index (κ1) is 17.0. The molecular formula is C15H23N3O3.